The highest BCUT2D eigenvalue weighted by Gasteiger charge is 2.16. The lowest BCUT2D eigenvalue weighted by atomic mass is 10.1. The van der Waals surface area contributed by atoms with Crippen molar-refractivity contribution in [3.8, 4) is 6.07 Å². The number of benzene rings is 2. The molecule has 0 saturated carbocycles. The van der Waals surface area contributed by atoms with Gasteiger partial charge < -0.3 is 5.32 Å². The van der Waals surface area contributed by atoms with Crippen molar-refractivity contribution in [2.75, 3.05) is 5.75 Å². The lowest BCUT2D eigenvalue weighted by molar-refractivity contribution is 0.0939. The molecule has 0 unspecified atom stereocenters. The van der Waals surface area contributed by atoms with Crippen LogP contribution in [0.5, 0.6) is 0 Å². The number of carbonyl (C=O) groups excluding carboxylic acids is 1. The Morgan fingerprint density at radius 1 is 1.21 bits per heavy atom. The average molecular weight is 342 g/mol. The third-order valence-electron chi connectivity index (χ3n) is 3.70. The summed E-state index contributed by atoms with van der Waals surface area (Å²) >= 11 is 0. The Labute approximate surface area is 141 Å². The van der Waals surface area contributed by atoms with Crippen LogP contribution in [-0.2, 0) is 9.84 Å². The Hall–Kier alpha value is -2.65. The summed E-state index contributed by atoms with van der Waals surface area (Å²) in [6.45, 7) is 3.37. The second kappa shape index (κ2) is 7.28. The number of carbonyl (C=O) groups is 1. The monoisotopic (exact) mass is 342 g/mol. The molecule has 1 amide bonds. The number of hydrogen-bond donors (Lipinski definition) is 1. The number of rotatable bonds is 5. The van der Waals surface area contributed by atoms with E-state index in [1.807, 2.05) is 6.07 Å². The molecule has 2 aromatic rings. The van der Waals surface area contributed by atoms with Crippen molar-refractivity contribution >= 4 is 15.7 Å². The molecular formula is C18H18N2O3S. The first-order chi connectivity index (χ1) is 11.4. The van der Waals surface area contributed by atoms with E-state index in [4.69, 9.17) is 5.26 Å². The minimum atomic E-state index is -3.36. The smallest absolute Gasteiger partial charge is 0.251 e. The van der Waals surface area contributed by atoms with Gasteiger partial charge in [-0.3, -0.25) is 4.79 Å². The van der Waals surface area contributed by atoms with Crippen LogP contribution in [0, 0.1) is 11.3 Å². The van der Waals surface area contributed by atoms with E-state index in [9.17, 15) is 13.2 Å². The molecule has 6 heteroatoms. The molecule has 0 aliphatic rings. The first kappa shape index (κ1) is 17.7. The van der Waals surface area contributed by atoms with Crippen LogP contribution in [0.1, 0.15) is 41.4 Å². The second-order valence-corrected chi connectivity index (χ2v) is 7.64. The van der Waals surface area contributed by atoms with Gasteiger partial charge in [0.05, 0.1) is 28.3 Å². The molecule has 2 aromatic carbocycles. The molecule has 0 aliphatic carbocycles. The molecule has 2 rings (SSSR count). The predicted octanol–water partition coefficient (Wildman–Crippen LogP) is 2.84. The highest BCUT2D eigenvalue weighted by molar-refractivity contribution is 7.91. The first-order valence-corrected chi connectivity index (χ1v) is 9.16. The summed E-state index contributed by atoms with van der Waals surface area (Å²) in [5.74, 6) is -0.381. The van der Waals surface area contributed by atoms with E-state index < -0.39 is 9.84 Å². The summed E-state index contributed by atoms with van der Waals surface area (Å²) < 4.78 is 23.9. The van der Waals surface area contributed by atoms with Gasteiger partial charge in [0.25, 0.3) is 5.91 Å². The quantitative estimate of drug-likeness (QED) is 0.905. The molecule has 124 valence electrons. The molecule has 0 aliphatic heterocycles. The van der Waals surface area contributed by atoms with Gasteiger partial charge in [-0.2, -0.15) is 5.26 Å². The summed E-state index contributed by atoms with van der Waals surface area (Å²) in [5, 5.41) is 11.8. The van der Waals surface area contributed by atoms with Crippen molar-refractivity contribution in [1.82, 2.24) is 5.32 Å². The zero-order valence-corrected chi connectivity index (χ0v) is 14.3. The van der Waals surface area contributed by atoms with Crippen LogP contribution in [0.25, 0.3) is 0 Å². The lowest BCUT2D eigenvalue weighted by Gasteiger charge is -2.15. The van der Waals surface area contributed by atoms with Gasteiger partial charge in [-0.05, 0) is 42.8 Å². The van der Waals surface area contributed by atoms with Gasteiger partial charge in [-0.1, -0.05) is 25.1 Å². The summed E-state index contributed by atoms with van der Waals surface area (Å²) in [6, 6.07) is 14.7. The Morgan fingerprint density at radius 3 is 2.58 bits per heavy atom. The molecule has 0 bridgehead atoms. The Balaban J connectivity index is 2.21. The normalized spacial score (nSPS) is 12.2. The van der Waals surface area contributed by atoms with Crippen LogP contribution in [0.3, 0.4) is 0 Å². The Morgan fingerprint density at radius 2 is 1.92 bits per heavy atom. The fraction of sp³-hybridized carbons (Fsp3) is 0.222. The van der Waals surface area contributed by atoms with Gasteiger partial charge in [0.2, 0.25) is 0 Å². The van der Waals surface area contributed by atoms with Crippen molar-refractivity contribution in [3.63, 3.8) is 0 Å². The number of nitrogens with one attached hydrogen (secondary N) is 1. The van der Waals surface area contributed by atoms with Gasteiger partial charge in [0.15, 0.2) is 9.84 Å². The maximum Gasteiger partial charge on any atom is 0.251 e. The summed E-state index contributed by atoms with van der Waals surface area (Å²) in [4.78, 5) is 12.5. The average Bonchev–Trinajstić information content (AvgIpc) is 2.61. The van der Waals surface area contributed by atoms with Crippen LogP contribution >= 0.6 is 0 Å². The molecule has 0 fully saturated rings. The van der Waals surface area contributed by atoms with Crippen molar-refractivity contribution in [2.24, 2.45) is 0 Å². The number of nitrogens with zero attached hydrogens (tertiary/aromatic N) is 1. The van der Waals surface area contributed by atoms with Crippen molar-refractivity contribution < 1.29 is 13.2 Å². The molecule has 0 saturated heterocycles. The van der Waals surface area contributed by atoms with Crippen molar-refractivity contribution in [2.45, 2.75) is 24.8 Å². The molecular weight excluding hydrogens is 324 g/mol. The molecule has 1 atom stereocenters. The largest absolute Gasteiger partial charge is 0.346 e. The highest BCUT2D eigenvalue weighted by Crippen LogP contribution is 2.17. The van der Waals surface area contributed by atoms with Crippen molar-refractivity contribution in [1.29, 1.82) is 5.26 Å². The van der Waals surface area contributed by atoms with E-state index in [0.717, 1.165) is 5.56 Å². The summed E-state index contributed by atoms with van der Waals surface area (Å²) in [6.07, 6.45) is 0. The van der Waals surface area contributed by atoms with Gasteiger partial charge in [-0.25, -0.2) is 8.42 Å². The van der Waals surface area contributed by atoms with Crippen LogP contribution in [0.4, 0.5) is 0 Å². The van der Waals surface area contributed by atoms with Gasteiger partial charge >= 0.3 is 0 Å². The summed E-state index contributed by atoms with van der Waals surface area (Å²) in [5.41, 5.74) is 1.61. The molecule has 0 heterocycles. The molecule has 5 nitrogen and oxygen atoms in total. The topological polar surface area (TPSA) is 87.0 Å². The van der Waals surface area contributed by atoms with Crippen LogP contribution in [-0.4, -0.2) is 20.1 Å². The fourth-order valence-electron chi connectivity index (χ4n) is 2.24. The zero-order chi connectivity index (χ0) is 17.7. The van der Waals surface area contributed by atoms with Gasteiger partial charge in [0, 0.05) is 5.56 Å². The first-order valence-electron chi connectivity index (χ1n) is 7.51. The molecule has 0 aromatic heterocycles. The zero-order valence-electron chi connectivity index (χ0n) is 13.5. The third-order valence-corrected chi connectivity index (χ3v) is 5.43. The molecule has 0 spiro atoms. The Kier molecular flexibility index (Phi) is 5.37. The van der Waals surface area contributed by atoms with E-state index in [1.54, 1.807) is 44.2 Å². The van der Waals surface area contributed by atoms with Crippen LogP contribution in [0.15, 0.2) is 53.4 Å². The van der Waals surface area contributed by atoms with Crippen molar-refractivity contribution in [3.05, 3.63) is 65.2 Å². The maximum atomic E-state index is 12.4. The number of nitriles is 1. The van der Waals surface area contributed by atoms with E-state index in [-0.39, 0.29) is 28.2 Å². The van der Waals surface area contributed by atoms with E-state index in [0.29, 0.717) is 5.56 Å². The Bertz CT molecular complexity index is 898. The molecule has 24 heavy (non-hydrogen) atoms. The van der Waals surface area contributed by atoms with Gasteiger partial charge in [0.1, 0.15) is 0 Å². The second-order valence-electron chi connectivity index (χ2n) is 5.36. The third kappa shape index (κ3) is 4.00. The maximum absolute atomic E-state index is 12.4. The SMILES string of the molecule is CCS(=O)(=O)c1cccc(C(=O)N[C@H](C)c2cccc(C#N)c2)c1. The molecule has 0 radical (unpaired) electrons. The van der Waals surface area contributed by atoms with Gasteiger partial charge in [-0.15, -0.1) is 0 Å². The molecule has 1 N–H and O–H groups in total. The number of sulfone groups is 1. The van der Waals surface area contributed by atoms with E-state index >= 15 is 0 Å². The highest BCUT2D eigenvalue weighted by atomic mass is 32.2. The minimum Gasteiger partial charge on any atom is -0.346 e. The van der Waals surface area contributed by atoms with Crippen LogP contribution in [0.2, 0.25) is 0 Å². The predicted molar refractivity (Wildman–Crippen MR) is 91.2 cm³/mol. The van der Waals surface area contributed by atoms with Crippen LogP contribution < -0.4 is 5.32 Å². The minimum absolute atomic E-state index is 0.0184. The van der Waals surface area contributed by atoms with E-state index in [1.165, 1.54) is 12.1 Å². The van der Waals surface area contributed by atoms with E-state index in [2.05, 4.69) is 11.4 Å². The standard InChI is InChI=1S/C18H18N2O3S/c1-3-24(22,23)17-9-5-8-16(11-17)18(21)20-13(2)15-7-4-6-14(10-15)12-19/h4-11,13H,3H2,1-2H3,(H,20,21)/t13-/m1/s1. The number of hydrogen-bond acceptors (Lipinski definition) is 4. The lowest BCUT2D eigenvalue weighted by Crippen LogP contribution is -2.26. The fourth-order valence-corrected chi connectivity index (χ4v) is 3.16. The summed E-state index contributed by atoms with van der Waals surface area (Å²) in [7, 11) is -3.36. The number of amides is 1.